The van der Waals surface area contributed by atoms with Crippen molar-refractivity contribution < 1.29 is 14.1 Å². The van der Waals surface area contributed by atoms with Crippen LogP contribution in [0, 0.1) is 6.92 Å². The lowest BCUT2D eigenvalue weighted by atomic mass is 10.1. The molecule has 29 heavy (non-hydrogen) atoms. The molecule has 2 amide bonds. The van der Waals surface area contributed by atoms with E-state index in [9.17, 15) is 9.59 Å². The van der Waals surface area contributed by atoms with Crippen LogP contribution in [0.5, 0.6) is 0 Å². The van der Waals surface area contributed by atoms with Gasteiger partial charge in [0.05, 0.1) is 5.69 Å². The van der Waals surface area contributed by atoms with Crippen molar-refractivity contribution in [3.8, 4) is 11.4 Å². The first-order chi connectivity index (χ1) is 14.1. The molecule has 0 spiro atoms. The van der Waals surface area contributed by atoms with Gasteiger partial charge in [0.15, 0.2) is 12.1 Å². The molecule has 9 heteroatoms. The Morgan fingerprint density at radius 1 is 1.00 bits per heavy atom. The first kappa shape index (κ1) is 17.2. The predicted octanol–water partition coefficient (Wildman–Crippen LogP) is 2.54. The number of aromatic nitrogens is 2. The summed E-state index contributed by atoms with van der Waals surface area (Å²) in [5, 5.41) is 13.4. The van der Waals surface area contributed by atoms with Gasteiger partial charge in [0.25, 0.3) is 11.8 Å². The summed E-state index contributed by atoms with van der Waals surface area (Å²) in [5.41, 5.74) is 2.39. The Kier molecular flexibility index (Phi) is 3.94. The molecule has 0 radical (unpaired) electrons. The van der Waals surface area contributed by atoms with E-state index < -0.39 is 12.1 Å². The van der Waals surface area contributed by atoms with Gasteiger partial charge in [-0.05, 0) is 19.1 Å². The van der Waals surface area contributed by atoms with Gasteiger partial charge < -0.3 is 4.52 Å². The van der Waals surface area contributed by atoms with Crippen LogP contribution < -0.4 is 4.90 Å². The van der Waals surface area contributed by atoms with Gasteiger partial charge in [0.2, 0.25) is 11.7 Å². The van der Waals surface area contributed by atoms with Crippen LogP contribution in [0.15, 0.2) is 69.5 Å². The third kappa shape index (κ3) is 2.87. The molecule has 5 rings (SSSR count). The van der Waals surface area contributed by atoms with E-state index in [1.807, 2.05) is 49.4 Å². The molecule has 1 aromatic heterocycles. The molecule has 0 N–H and O–H groups in total. The fraction of sp³-hybridized carbons (Fsp3) is 0.200. The normalized spacial score (nSPS) is 20.6. The van der Waals surface area contributed by atoms with Crippen LogP contribution >= 0.6 is 0 Å². The fourth-order valence-electron chi connectivity index (χ4n) is 3.46. The molecular weight excluding hydrogens is 372 g/mol. The molecule has 2 aliphatic heterocycles. The number of carbonyl (C=O) groups is 2. The van der Waals surface area contributed by atoms with Crippen molar-refractivity contribution in [3.05, 3.63) is 66.1 Å². The summed E-state index contributed by atoms with van der Waals surface area (Å²) < 4.78 is 5.30. The zero-order valence-electron chi connectivity index (χ0n) is 15.5. The molecule has 144 valence electrons. The SMILES string of the molecule is Cc1ccc(N2C(=O)[C@H]3N=NN(Cc4nc(-c5ccccc5)no4)[C@H]3C2=O)cc1. The number of fused-ring (bicyclic) bond motifs is 1. The smallest absolute Gasteiger partial charge is 0.263 e. The summed E-state index contributed by atoms with van der Waals surface area (Å²) in [5.74, 6) is -0.0110. The first-order valence-electron chi connectivity index (χ1n) is 9.12. The van der Waals surface area contributed by atoms with Gasteiger partial charge in [-0.15, -0.1) is 0 Å². The molecule has 3 heterocycles. The molecule has 2 atom stereocenters. The maximum Gasteiger partial charge on any atom is 0.263 e. The number of rotatable bonds is 4. The van der Waals surface area contributed by atoms with Crippen LogP contribution in [-0.4, -0.2) is 39.0 Å². The molecular formula is C20H16N6O3. The highest BCUT2D eigenvalue weighted by Gasteiger charge is 2.55. The summed E-state index contributed by atoms with van der Waals surface area (Å²) in [7, 11) is 0. The molecule has 1 saturated heterocycles. The van der Waals surface area contributed by atoms with Crippen molar-refractivity contribution in [1.82, 2.24) is 15.1 Å². The first-order valence-corrected chi connectivity index (χ1v) is 9.12. The van der Waals surface area contributed by atoms with E-state index in [0.29, 0.717) is 11.5 Å². The second kappa shape index (κ2) is 6.62. The van der Waals surface area contributed by atoms with Gasteiger partial charge in [0.1, 0.15) is 6.54 Å². The molecule has 0 saturated carbocycles. The number of carbonyl (C=O) groups excluding carboxylic acids is 2. The van der Waals surface area contributed by atoms with Gasteiger partial charge in [-0.1, -0.05) is 58.4 Å². The molecule has 1 fully saturated rings. The van der Waals surface area contributed by atoms with E-state index in [1.165, 1.54) is 9.91 Å². The molecule has 0 unspecified atom stereocenters. The maximum atomic E-state index is 13.0. The molecule has 0 aliphatic carbocycles. The Hall–Kier alpha value is -3.88. The van der Waals surface area contributed by atoms with E-state index in [0.717, 1.165) is 11.1 Å². The summed E-state index contributed by atoms with van der Waals surface area (Å²) >= 11 is 0. The summed E-state index contributed by atoms with van der Waals surface area (Å²) in [6, 6.07) is 14.9. The third-order valence-corrected chi connectivity index (χ3v) is 4.95. The predicted molar refractivity (Wildman–Crippen MR) is 101 cm³/mol. The van der Waals surface area contributed by atoms with Gasteiger partial charge in [-0.25, -0.2) is 4.90 Å². The molecule has 3 aromatic rings. The van der Waals surface area contributed by atoms with Gasteiger partial charge >= 0.3 is 0 Å². The zero-order valence-corrected chi connectivity index (χ0v) is 15.5. The van der Waals surface area contributed by atoms with E-state index in [-0.39, 0.29) is 24.2 Å². The minimum Gasteiger partial charge on any atom is -0.337 e. The van der Waals surface area contributed by atoms with Gasteiger partial charge in [-0.2, -0.15) is 10.1 Å². The molecule has 0 bridgehead atoms. The van der Waals surface area contributed by atoms with Crippen LogP contribution in [-0.2, 0) is 16.1 Å². The van der Waals surface area contributed by atoms with E-state index >= 15 is 0 Å². The summed E-state index contributed by atoms with van der Waals surface area (Å²) in [4.78, 5) is 31.3. The second-order valence-electron chi connectivity index (χ2n) is 6.92. The number of benzene rings is 2. The van der Waals surface area contributed by atoms with Crippen LogP contribution in [0.4, 0.5) is 5.69 Å². The van der Waals surface area contributed by atoms with E-state index in [1.54, 1.807) is 12.1 Å². The number of hydrogen-bond donors (Lipinski definition) is 0. The average molecular weight is 388 g/mol. The second-order valence-corrected chi connectivity index (χ2v) is 6.92. The van der Waals surface area contributed by atoms with Crippen molar-refractivity contribution in [1.29, 1.82) is 0 Å². The van der Waals surface area contributed by atoms with Gasteiger partial charge in [0, 0.05) is 5.56 Å². The van der Waals surface area contributed by atoms with Crippen LogP contribution in [0.3, 0.4) is 0 Å². The standard InChI is InChI=1S/C20H16N6O3/c1-12-7-9-14(10-8-12)26-19(27)16-17(20(26)28)25(24-22-16)11-15-21-18(23-29-15)13-5-3-2-4-6-13/h2-10,16-17H,11H2,1H3/t16-,17+/m0/s1. The zero-order chi connectivity index (χ0) is 20.0. The topological polar surface area (TPSA) is 104 Å². The highest BCUT2D eigenvalue weighted by Crippen LogP contribution is 2.32. The Morgan fingerprint density at radius 3 is 2.52 bits per heavy atom. The van der Waals surface area contributed by atoms with Gasteiger partial charge in [-0.3, -0.25) is 14.6 Å². The van der Waals surface area contributed by atoms with Crippen LogP contribution in [0.2, 0.25) is 0 Å². The average Bonchev–Trinajstić information content (AvgIpc) is 3.43. The highest BCUT2D eigenvalue weighted by molar-refractivity contribution is 6.25. The molecule has 2 aliphatic rings. The monoisotopic (exact) mass is 388 g/mol. The fourth-order valence-corrected chi connectivity index (χ4v) is 3.46. The number of anilines is 1. The molecule has 9 nitrogen and oxygen atoms in total. The number of hydrogen-bond acceptors (Lipinski definition) is 8. The van der Waals surface area contributed by atoms with E-state index in [2.05, 4.69) is 20.5 Å². The minimum atomic E-state index is -0.861. The summed E-state index contributed by atoms with van der Waals surface area (Å²) in [6.45, 7) is 2.03. The van der Waals surface area contributed by atoms with Crippen molar-refractivity contribution in [2.45, 2.75) is 25.6 Å². The third-order valence-electron chi connectivity index (χ3n) is 4.95. The quantitative estimate of drug-likeness (QED) is 0.636. The lowest BCUT2D eigenvalue weighted by Gasteiger charge is -2.19. The molecule has 2 aromatic carbocycles. The number of nitrogens with zero attached hydrogens (tertiary/aromatic N) is 6. The lowest BCUT2D eigenvalue weighted by molar-refractivity contribution is -0.123. The minimum absolute atomic E-state index is 0.0885. The van der Waals surface area contributed by atoms with Crippen molar-refractivity contribution in [2.75, 3.05) is 4.90 Å². The number of imide groups is 1. The number of aryl methyl sites for hydroxylation is 1. The van der Waals surface area contributed by atoms with Crippen molar-refractivity contribution >= 4 is 17.5 Å². The van der Waals surface area contributed by atoms with Crippen molar-refractivity contribution in [3.63, 3.8) is 0 Å². The van der Waals surface area contributed by atoms with Crippen LogP contribution in [0.25, 0.3) is 11.4 Å². The largest absolute Gasteiger partial charge is 0.337 e. The van der Waals surface area contributed by atoms with Crippen molar-refractivity contribution in [2.24, 2.45) is 10.3 Å². The highest BCUT2D eigenvalue weighted by atomic mass is 16.5. The Bertz CT molecular complexity index is 1110. The Labute approximate surface area is 165 Å². The maximum absolute atomic E-state index is 13.0. The lowest BCUT2D eigenvalue weighted by Crippen LogP contribution is -2.39. The Morgan fingerprint density at radius 2 is 1.76 bits per heavy atom. The summed E-state index contributed by atoms with van der Waals surface area (Å²) in [6.07, 6.45) is 0. The Balaban J connectivity index is 1.37. The number of amides is 2. The van der Waals surface area contributed by atoms with Crippen LogP contribution in [0.1, 0.15) is 11.5 Å². The van der Waals surface area contributed by atoms with E-state index in [4.69, 9.17) is 4.52 Å².